The molecule has 68 valence electrons. The molecule has 0 aliphatic carbocycles. The molecule has 0 radical (unpaired) electrons. The van der Waals surface area contributed by atoms with Gasteiger partial charge in [0.25, 0.3) is 0 Å². The van der Waals surface area contributed by atoms with Gasteiger partial charge in [-0.15, -0.1) is 11.3 Å². The van der Waals surface area contributed by atoms with E-state index in [9.17, 15) is 0 Å². The molecule has 2 heterocycles. The molecule has 2 rings (SSSR count). The first kappa shape index (κ1) is 8.51. The van der Waals surface area contributed by atoms with Gasteiger partial charge in [-0.1, -0.05) is 13.8 Å². The quantitative estimate of drug-likeness (QED) is 0.729. The summed E-state index contributed by atoms with van der Waals surface area (Å²) in [6.07, 6.45) is 3.40. The van der Waals surface area contributed by atoms with Gasteiger partial charge >= 0.3 is 0 Å². The predicted molar refractivity (Wildman–Crippen MR) is 53.9 cm³/mol. The Labute approximate surface area is 81.2 Å². The number of nitrogens with zero attached hydrogens (tertiary/aromatic N) is 1. The average Bonchev–Trinajstić information content (AvgIpc) is 2.75. The minimum Gasteiger partial charge on any atom is -0.472 e. The van der Waals surface area contributed by atoms with E-state index in [2.05, 4.69) is 24.2 Å². The molecule has 0 aromatic carbocycles. The molecular formula is C10H11NOS. The molecule has 0 fully saturated rings. The first-order valence-corrected chi connectivity index (χ1v) is 5.13. The zero-order valence-electron chi connectivity index (χ0n) is 7.65. The maximum absolute atomic E-state index is 5.01. The Kier molecular flexibility index (Phi) is 2.19. The van der Waals surface area contributed by atoms with Crippen molar-refractivity contribution in [3.05, 3.63) is 29.7 Å². The lowest BCUT2D eigenvalue weighted by molar-refractivity contribution is 0.568. The number of hydrogen-bond acceptors (Lipinski definition) is 3. The molecule has 0 aliphatic heterocycles. The van der Waals surface area contributed by atoms with Crippen molar-refractivity contribution in [2.75, 3.05) is 0 Å². The van der Waals surface area contributed by atoms with Crippen LogP contribution in [0.2, 0.25) is 0 Å². The van der Waals surface area contributed by atoms with E-state index in [1.54, 1.807) is 23.9 Å². The van der Waals surface area contributed by atoms with Crippen LogP contribution in [0.15, 0.2) is 28.4 Å². The van der Waals surface area contributed by atoms with Gasteiger partial charge in [0.05, 0.1) is 12.0 Å². The van der Waals surface area contributed by atoms with Gasteiger partial charge in [0.1, 0.15) is 11.3 Å². The molecule has 0 N–H and O–H groups in total. The van der Waals surface area contributed by atoms with Crippen molar-refractivity contribution in [1.82, 2.24) is 4.98 Å². The number of aromatic nitrogens is 1. The van der Waals surface area contributed by atoms with Gasteiger partial charge in [0.15, 0.2) is 0 Å². The zero-order valence-corrected chi connectivity index (χ0v) is 8.47. The number of hydrogen-bond donors (Lipinski definition) is 0. The van der Waals surface area contributed by atoms with E-state index in [-0.39, 0.29) is 0 Å². The topological polar surface area (TPSA) is 26.0 Å². The molecule has 0 unspecified atom stereocenters. The SMILES string of the molecule is CC(C)c1csc(-c2ccoc2)n1. The molecule has 13 heavy (non-hydrogen) atoms. The molecule has 2 aromatic rings. The fourth-order valence-electron chi connectivity index (χ4n) is 1.07. The number of rotatable bonds is 2. The van der Waals surface area contributed by atoms with Gasteiger partial charge in [-0.25, -0.2) is 4.98 Å². The minimum atomic E-state index is 0.497. The van der Waals surface area contributed by atoms with Crippen LogP contribution in [-0.2, 0) is 0 Å². The summed E-state index contributed by atoms with van der Waals surface area (Å²) in [4.78, 5) is 4.51. The van der Waals surface area contributed by atoms with Crippen LogP contribution in [0.4, 0.5) is 0 Å². The monoisotopic (exact) mass is 193 g/mol. The van der Waals surface area contributed by atoms with Gasteiger partial charge in [-0.2, -0.15) is 0 Å². The molecule has 0 bridgehead atoms. The van der Waals surface area contributed by atoms with Crippen molar-refractivity contribution < 1.29 is 4.42 Å². The lowest BCUT2D eigenvalue weighted by Gasteiger charge is -1.95. The van der Waals surface area contributed by atoms with Crippen LogP contribution in [0.5, 0.6) is 0 Å². The predicted octanol–water partition coefficient (Wildman–Crippen LogP) is 3.53. The summed E-state index contributed by atoms with van der Waals surface area (Å²) in [6, 6.07) is 1.93. The van der Waals surface area contributed by atoms with Crippen LogP contribution >= 0.6 is 11.3 Å². The second-order valence-electron chi connectivity index (χ2n) is 3.24. The van der Waals surface area contributed by atoms with Gasteiger partial charge < -0.3 is 4.42 Å². The molecular weight excluding hydrogens is 182 g/mol. The van der Waals surface area contributed by atoms with Crippen LogP contribution in [0, 0.1) is 0 Å². The Bertz CT molecular complexity index is 375. The van der Waals surface area contributed by atoms with E-state index in [4.69, 9.17) is 4.42 Å². The highest BCUT2D eigenvalue weighted by Crippen LogP contribution is 2.26. The van der Waals surface area contributed by atoms with E-state index >= 15 is 0 Å². The summed E-state index contributed by atoms with van der Waals surface area (Å²) in [5.74, 6) is 0.497. The molecule has 0 spiro atoms. The summed E-state index contributed by atoms with van der Waals surface area (Å²) in [6.45, 7) is 4.29. The molecule has 2 aromatic heterocycles. The van der Waals surface area contributed by atoms with Gasteiger partial charge in [0.2, 0.25) is 0 Å². The van der Waals surface area contributed by atoms with Crippen LogP contribution in [0.1, 0.15) is 25.5 Å². The zero-order chi connectivity index (χ0) is 9.26. The Morgan fingerprint density at radius 2 is 2.31 bits per heavy atom. The fraction of sp³-hybridized carbons (Fsp3) is 0.300. The van der Waals surface area contributed by atoms with Crippen LogP contribution in [0.3, 0.4) is 0 Å². The Hall–Kier alpha value is -1.09. The van der Waals surface area contributed by atoms with Gasteiger partial charge in [-0.3, -0.25) is 0 Å². The highest BCUT2D eigenvalue weighted by Gasteiger charge is 2.07. The van der Waals surface area contributed by atoms with E-state index in [0.29, 0.717) is 5.92 Å². The molecule has 3 heteroatoms. The third-order valence-electron chi connectivity index (χ3n) is 1.88. The second-order valence-corrected chi connectivity index (χ2v) is 4.10. The molecule has 0 saturated carbocycles. The maximum atomic E-state index is 5.01. The van der Waals surface area contributed by atoms with E-state index < -0.39 is 0 Å². The Balaban J connectivity index is 2.33. The lowest BCUT2D eigenvalue weighted by atomic mass is 10.2. The van der Waals surface area contributed by atoms with Crippen molar-refractivity contribution in [3.8, 4) is 10.6 Å². The third kappa shape index (κ3) is 1.65. The summed E-state index contributed by atoms with van der Waals surface area (Å²) in [5, 5.41) is 3.14. The normalized spacial score (nSPS) is 11.0. The summed E-state index contributed by atoms with van der Waals surface area (Å²) < 4.78 is 5.01. The summed E-state index contributed by atoms with van der Waals surface area (Å²) in [7, 11) is 0. The highest BCUT2D eigenvalue weighted by molar-refractivity contribution is 7.13. The molecule has 0 aliphatic rings. The second kappa shape index (κ2) is 3.34. The molecule has 0 atom stereocenters. The maximum Gasteiger partial charge on any atom is 0.126 e. The smallest absolute Gasteiger partial charge is 0.126 e. The number of furan rings is 1. The molecule has 0 amide bonds. The first-order chi connectivity index (χ1) is 6.27. The van der Waals surface area contributed by atoms with E-state index in [1.165, 1.54) is 0 Å². The molecule has 0 saturated heterocycles. The van der Waals surface area contributed by atoms with Crippen molar-refractivity contribution >= 4 is 11.3 Å². The lowest BCUT2D eigenvalue weighted by Crippen LogP contribution is -1.85. The fourth-order valence-corrected chi connectivity index (χ4v) is 2.04. The van der Waals surface area contributed by atoms with Crippen LogP contribution in [0.25, 0.3) is 10.6 Å². The van der Waals surface area contributed by atoms with Crippen LogP contribution in [-0.4, -0.2) is 4.98 Å². The molecule has 2 nitrogen and oxygen atoms in total. The number of thiazole rings is 1. The van der Waals surface area contributed by atoms with Gasteiger partial charge in [0, 0.05) is 10.9 Å². The van der Waals surface area contributed by atoms with Crippen molar-refractivity contribution in [1.29, 1.82) is 0 Å². The Morgan fingerprint density at radius 1 is 1.46 bits per heavy atom. The standard InChI is InChI=1S/C10H11NOS/c1-7(2)9-6-13-10(11-9)8-3-4-12-5-8/h3-7H,1-2H3. The first-order valence-electron chi connectivity index (χ1n) is 4.25. The summed E-state index contributed by atoms with van der Waals surface area (Å²) >= 11 is 1.66. The van der Waals surface area contributed by atoms with E-state index in [1.807, 2.05) is 6.07 Å². The van der Waals surface area contributed by atoms with Crippen molar-refractivity contribution in [3.63, 3.8) is 0 Å². The Morgan fingerprint density at radius 3 is 2.85 bits per heavy atom. The van der Waals surface area contributed by atoms with Crippen molar-refractivity contribution in [2.45, 2.75) is 19.8 Å². The van der Waals surface area contributed by atoms with Crippen LogP contribution < -0.4 is 0 Å². The summed E-state index contributed by atoms with van der Waals surface area (Å²) in [5.41, 5.74) is 2.22. The minimum absolute atomic E-state index is 0.497. The highest BCUT2D eigenvalue weighted by atomic mass is 32.1. The van der Waals surface area contributed by atoms with Gasteiger partial charge in [-0.05, 0) is 12.0 Å². The average molecular weight is 193 g/mol. The van der Waals surface area contributed by atoms with Crippen molar-refractivity contribution in [2.24, 2.45) is 0 Å². The third-order valence-corrected chi connectivity index (χ3v) is 2.79. The van der Waals surface area contributed by atoms with E-state index in [0.717, 1.165) is 16.3 Å². The largest absolute Gasteiger partial charge is 0.472 e.